The van der Waals surface area contributed by atoms with Gasteiger partial charge in [-0.2, -0.15) is 0 Å². The molecular weight excluding hydrogens is 246 g/mol. The van der Waals surface area contributed by atoms with Gasteiger partial charge < -0.3 is 11.1 Å². The van der Waals surface area contributed by atoms with Gasteiger partial charge in [0.25, 0.3) is 0 Å². The third-order valence-corrected chi connectivity index (χ3v) is 3.45. The molecule has 5 nitrogen and oxygen atoms in total. The molecule has 1 aromatic carbocycles. The van der Waals surface area contributed by atoms with Gasteiger partial charge in [-0.05, 0) is 24.3 Å². The van der Waals surface area contributed by atoms with E-state index in [1.807, 2.05) is 24.3 Å². The van der Waals surface area contributed by atoms with E-state index < -0.39 is 0 Å². The molecule has 0 radical (unpaired) electrons. The number of benzene rings is 1. The van der Waals surface area contributed by atoms with Crippen LogP contribution in [0.3, 0.4) is 0 Å². The van der Waals surface area contributed by atoms with E-state index in [2.05, 4.69) is 20.3 Å². The lowest BCUT2D eigenvalue weighted by atomic mass is 10.3. The van der Waals surface area contributed by atoms with E-state index in [-0.39, 0.29) is 0 Å². The number of rotatable bonds is 3. The molecule has 0 unspecified atom stereocenters. The van der Waals surface area contributed by atoms with Crippen LogP contribution in [0, 0.1) is 0 Å². The maximum atomic E-state index is 5.74. The Morgan fingerprint density at radius 3 is 3.06 bits per heavy atom. The largest absolute Gasteiger partial charge is 0.399 e. The summed E-state index contributed by atoms with van der Waals surface area (Å²) in [6.07, 6.45) is 3.26. The number of nitrogen functional groups attached to an aromatic ring is 1. The van der Waals surface area contributed by atoms with E-state index >= 15 is 0 Å². The monoisotopic (exact) mass is 257 g/mol. The molecule has 3 rings (SSSR count). The summed E-state index contributed by atoms with van der Waals surface area (Å²) in [5.74, 6) is 0. The lowest BCUT2D eigenvalue weighted by Crippen LogP contribution is -2.00. The molecule has 0 aliphatic heterocycles. The van der Waals surface area contributed by atoms with Crippen LogP contribution in [0.4, 0.5) is 10.8 Å². The van der Waals surface area contributed by atoms with Crippen LogP contribution >= 0.6 is 11.3 Å². The number of anilines is 2. The first kappa shape index (κ1) is 10.9. The van der Waals surface area contributed by atoms with Crippen molar-refractivity contribution < 1.29 is 0 Å². The molecule has 2 heterocycles. The van der Waals surface area contributed by atoms with E-state index in [0.717, 1.165) is 26.7 Å². The van der Waals surface area contributed by atoms with Gasteiger partial charge in [-0.3, -0.25) is 0 Å². The van der Waals surface area contributed by atoms with Gasteiger partial charge >= 0.3 is 0 Å². The highest BCUT2D eigenvalue weighted by Crippen LogP contribution is 2.27. The number of hydrogen-bond acceptors (Lipinski definition) is 6. The third-order valence-electron chi connectivity index (χ3n) is 2.48. The van der Waals surface area contributed by atoms with E-state index in [0.29, 0.717) is 6.54 Å². The summed E-state index contributed by atoms with van der Waals surface area (Å²) >= 11 is 1.59. The molecule has 0 saturated carbocycles. The SMILES string of the molecule is Nc1ccc2nc(NCc3ccncn3)sc2c1. The standard InChI is InChI=1S/C12H11N5S/c13-8-1-2-10-11(5-8)18-12(17-10)15-6-9-3-4-14-7-16-9/h1-5,7H,6,13H2,(H,15,17). The molecule has 0 aliphatic rings. The lowest BCUT2D eigenvalue weighted by Gasteiger charge is -2.00. The molecule has 2 aromatic heterocycles. The predicted molar refractivity (Wildman–Crippen MR) is 73.4 cm³/mol. The summed E-state index contributed by atoms with van der Waals surface area (Å²) in [7, 11) is 0. The van der Waals surface area contributed by atoms with Crippen molar-refractivity contribution in [3.63, 3.8) is 0 Å². The van der Waals surface area contributed by atoms with Crippen LogP contribution in [0.15, 0.2) is 36.8 Å². The summed E-state index contributed by atoms with van der Waals surface area (Å²) in [5.41, 5.74) is 8.39. The Morgan fingerprint density at radius 1 is 1.28 bits per heavy atom. The van der Waals surface area contributed by atoms with Gasteiger partial charge in [-0.1, -0.05) is 11.3 Å². The van der Waals surface area contributed by atoms with Crippen molar-refractivity contribution >= 4 is 32.4 Å². The second-order valence-electron chi connectivity index (χ2n) is 3.80. The van der Waals surface area contributed by atoms with Crippen LogP contribution in [0.1, 0.15) is 5.69 Å². The molecule has 3 N–H and O–H groups in total. The maximum absolute atomic E-state index is 5.74. The van der Waals surface area contributed by atoms with Gasteiger partial charge in [0, 0.05) is 11.9 Å². The van der Waals surface area contributed by atoms with Crippen LogP contribution in [-0.2, 0) is 6.54 Å². The molecule has 0 aliphatic carbocycles. The minimum Gasteiger partial charge on any atom is -0.399 e. The molecule has 90 valence electrons. The van der Waals surface area contributed by atoms with E-state index in [4.69, 9.17) is 5.73 Å². The minimum atomic E-state index is 0.637. The number of aromatic nitrogens is 3. The molecule has 0 bridgehead atoms. The Balaban J connectivity index is 1.79. The van der Waals surface area contributed by atoms with Gasteiger partial charge in [-0.15, -0.1) is 0 Å². The fraction of sp³-hybridized carbons (Fsp3) is 0.0833. The second kappa shape index (κ2) is 4.58. The Morgan fingerprint density at radius 2 is 2.22 bits per heavy atom. The van der Waals surface area contributed by atoms with Crippen LogP contribution in [0.5, 0.6) is 0 Å². The first-order chi connectivity index (χ1) is 8.81. The van der Waals surface area contributed by atoms with Crippen LogP contribution in [0.2, 0.25) is 0 Å². The van der Waals surface area contributed by atoms with Crippen molar-refractivity contribution in [2.75, 3.05) is 11.1 Å². The van der Waals surface area contributed by atoms with Crippen LogP contribution < -0.4 is 11.1 Å². The number of thiazole rings is 1. The Labute approximate surface area is 108 Å². The molecule has 0 saturated heterocycles. The lowest BCUT2D eigenvalue weighted by molar-refractivity contribution is 1.00. The first-order valence-corrected chi connectivity index (χ1v) is 6.28. The fourth-order valence-electron chi connectivity index (χ4n) is 1.61. The summed E-state index contributed by atoms with van der Waals surface area (Å²) in [4.78, 5) is 12.5. The molecule has 0 atom stereocenters. The normalized spacial score (nSPS) is 10.7. The van der Waals surface area contributed by atoms with Crippen molar-refractivity contribution in [2.24, 2.45) is 0 Å². The average Bonchev–Trinajstić information content (AvgIpc) is 2.79. The Kier molecular flexibility index (Phi) is 2.77. The second-order valence-corrected chi connectivity index (χ2v) is 4.83. The Bertz CT molecular complexity index is 665. The predicted octanol–water partition coefficient (Wildman–Crippen LogP) is 2.28. The van der Waals surface area contributed by atoms with Gasteiger partial charge in [0.05, 0.1) is 22.5 Å². The number of nitrogens with zero attached hydrogens (tertiary/aromatic N) is 3. The Hall–Kier alpha value is -2.21. The maximum Gasteiger partial charge on any atom is 0.184 e. The van der Waals surface area contributed by atoms with Gasteiger partial charge in [-0.25, -0.2) is 15.0 Å². The van der Waals surface area contributed by atoms with Crippen molar-refractivity contribution in [1.82, 2.24) is 15.0 Å². The van der Waals surface area contributed by atoms with Crippen LogP contribution in [-0.4, -0.2) is 15.0 Å². The van der Waals surface area contributed by atoms with E-state index in [1.165, 1.54) is 6.33 Å². The average molecular weight is 257 g/mol. The third kappa shape index (κ3) is 2.23. The summed E-state index contributed by atoms with van der Waals surface area (Å²) < 4.78 is 1.08. The quantitative estimate of drug-likeness (QED) is 0.704. The van der Waals surface area contributed by atoms with Gasteiger partial charge in [0.1, 0.15) is 6.33 Å². The van der Waals surface area contributed by atoms with Crippen molar-refractivity contribution in [1.29, 1.82) is 0 Å². The zero-order chi connectivity index (χ0) is 12.4. The molecule has 0 fully saturated rings. The highest BCUT2D eigenvalue weighted by atomic mass is 32.1. The molecule has 6 heteroatoms. The zero-order valence-electron chi connectivity index (χ0n) is 9.50. The van der Waals surface area contributed by atoms with Gasteiger partial charge in [0.2, 0.25) is 0 Å². The number of nitrogens with two attached hydrogens (primary N) is 1. The highest BCUT2D eigenvalue weighted by Gasteiger charge is 2.03. The summed E-state index contributed by atoms with van der Waals surface area (Å²) in [6.45, 7) is 0.637. The number of fused-ring (bicyclic) bond motifs is 1. The topological polar surface area (TPSA) is 76.7 Å². The molecule has 0 spiro atoms. The molecule has 3 aromatic rings. The molecule has 18 heavy (non-hydrogen) atoms. The number of nitrogens with one attached hydrogen (secondary N) is 1. The summed E-state index contributed by atoms with van der Waals surface area (Å²) in [6, 6.07) is 7.59. The zero-order valence-corrected chi connectivity index (χ0v) is 10.3. The van der Waals surface area contributed by atoms with E-state index in [1.54, 1.807) is 17.5 Å². The molecular formula is C12H11N5S. The first-order valence-electron chi connectivity index (χ1n) is 5.46. The van der Waals surface area contributed by atoms with Crippen molar-refractivity contribution in [3.8, 4) is 0 Å². The van der Waals surface area contributed by atoms with E-state index in [9.17, 15) is 0 Å². The summed E-state index contributed by atoms with van der Waals surface area (Å²) in [5, 5.41) is 4.12. The van der Waals surface area contributed by atoms with Crippen molar-refractivity contribution in [2.45, 2.75) is 6.54 Å². The highest BCUT2D eigenvalue weighted by molar-refractivity contribution is 7.22. The van der Waals surface area contributed by atoms with Crippen LogP contribution in [0.25, 0.3) is 10.2 Å². The van der Waals surface area contributed by atoms with Gasteiger partial charge in [0.15, 0.2) is 5.13 Å². The number of hydrogen-bond donors (Lipinski definition) is 2. The minimum absolute atomic E-state index is 0.637. The fourth-order valence-corrected chi connectivity index (χ4v) is 2.52. The van der Waals surface area contributed by atoms with Crippen molar-refractivity contribution in [3.05, 3.63) is 42.5 Å². The molecule has 0 amide bonds. The smallest absolute Gasteiger partial charge is 0.184 e.